The molecule has 2 atom stereocenters. The molecule has 10 nitrogen and oxygen atoms in total. The summed E-state index contributed by atoms with van der Waals surface area (Å²) in [4.78, 5) is 52.6. The molecule has 2 unspecified atom stereocenters. The second kappa shape index (κ2) is 13.8. The van der Waals surface area contributed by atoms with E-state index in [0.717, 1.165) is 11.1 Å². The van der Waals surface area contributed by atoms with E-state index in [2.05, 4.69) is 15.4 Å². The van der Waals surface area contributed by atoms with Crippen LogP contribution in [0.15, 0.2) is 18.2 Å². The average molecular weight is 508 g/mol. The zero-order chi connectivity index (χ0) is 27.6. The third-order valence-electron chi connectivity index (χ3n) is 5.07. The third kappa shape index (κ3) is 10.2. The number of esters is 1. The largest absolute Gasteiger partial charge is 0.468 e. The van der Waals surface area contributed by atoms with Gasteiger partial charge in [0.2, 0.25) is 11.8 Å². The minimum absolute atomic E-state index is 0.0256. The molecule has 3 amide bonds. The van der Waals surface area contributed by atoms with Gasteiger partial charge in [-0.2, -0.15) is 0 Å². The molecule has 1 aromatic rings. The first kappa shape index (κ1) is 30.9. The fourth-order valence-electron chi connectivity index (χ4n) is 3.79. The van der Waals surface area contributed by atoms with Crippen molar-refractivity contribution in [1.29, 1.82) is 0 Å². The van der Waals surface area contributed by atoms with Crippen LogP contribution in [0.2, 0.25) is 0 Å². The van der Waals surface area contributed by atoms with E-state index in [1.165, 1.54) is 12.0 Å². The zero-order valence-corrected chi connectivity index (χ0v) is 22.6. The van der Waals surface area contributed by atoms with Crippen molar-refractivity contribution in [1.82, 2.24) is 15.5 Å². The normalized spacial score (nSPS) is 12.9. The van der Waals surface area contributed by atoms with Gasteiger partial charge in [-0.15, -0.1) is 0 Å². The number of aliphatic hydroxyl groups excluding tert-OH is 1. The van der Waals surface area contributed by atoms with Gasteiger partial charge in [-0.3, -0.25) is 14.4 Å². The molecule has 0 saturated carbocycles. The first-order valence-electron chi connectivity index (χ1n) is 12.0. The van der Waals surface area contributed by atoms with Gasteiger partial charge in [0.25, 0.3) is 0 Å². The van der Waals surface area contributed by atoms with E-state index in [0.29, 0.717) is 5.56 Å². The molecule has 0 heterocycles. The highest BCUT2D eigenvalue weighted by Gasteiger charge is 2.36. The number of nitrogens with zero attached hydrogens (tertiary/aromatic N) is 1. The Labute approximate surface area is 213 Å². The number of carbonyl (C=O) groups is 4. The van der Waals surface area contributed by atoms with Crippen molar-refractivity contribution in [3.05, 3.63) is 34.9 Å². The number of aryl methyl sites for hydroxylation is 2. The Morgan fingerprint density at radius 3 is 2.11 bits per heavy atom. The standard InChI is InChI=1S/C26H41N3O7/c1-16(2)11-20(28-25(34)36-26(5,6)7)24(33)29(9-10-30)22(23(32)27-15-21(31)35-8)19-13-17(3)12-18(4)14-19/h12-14,16,20,22,30H,9-11,15H2,1-8H3,(H,27,32)(H,28,34). The molecule has 0 saturated heterocycles. The van der Waals surface area contributed by atoms with E-state index in [4.69, 9.17) is 4.74 Å². The quantitative estimate of drug-likeness (QED) is 0.392. The van der Waals surface area contributed by atoms with Gasteiger partial charge >= 0.3 is 12.1 Å². The molecule has 3 N–H and O–H groups in total. The van der Waals surface area contributed by atoms with Crippen molar-refractivity contribution < 1.29 is 33.8 Å². The molecule has 1 aromatic carbocycles. The lowest BCUT2D eigenvalue weighted by atomic mass is 9.97. The smallest absolute Gasteiger partial charge is 0.408 e. The number of hydrogen-bond donors (Lipinski definition) is 3. The summed E-state index contributed by atoms with van der Waals surface area (Å²) in [5.41, 5.74) is 1.49. The molecule has 0 aliphatic carbocycles. The number of benzene rings is 1. The number of carbonyl (C=O) groups excluding carboxylic acids is 4. The fourth-order valence-corrected chi connectivity index (χ4v) is 3.79. The minimum Gasteiger partial charge on any atom is -0.468 e. The maximum absolute atomic E-state index is 13.8. The summed E-state index contributed by atoms with van der Waals surface area (Å²) in [5.74, 6) is -1.79. The monoisotopic (exact) mass is 507 g/mol. The lowest BCUT2D eigenvalue weighted by Crippen LogP contribution is -2.54. The minimum atomic E-state index is -1.16. The van der Waals surface area contributed by atoms with Gasteiger partial charge in [-0.1, -0.05) is 43.2 Å². The molecule has 0 radical (unpaired) electrons. The molecule has 0 fully saturated rings. The van der Waals surface area contributed by atoms with Crippen LogP contribution in [0.4, 0.5) is 4.79 Å². The van der Waals surface area contributed by atoms with Crippen molar-refractivity contribution in [3.63, 3.8) is 0 Å². The number of methoxy groups -OCH3 is 1. The predicted octanol–water partition coefficient (Wildman–Crippen LogP) is 2.39. The lowest BCUT2D eigenvalue weighted by molar-refractivity contribution is -0.145. The zero-order valence-electron chi connectivity index (χ0n) is 22.6. The van der Waals surface area contributed by atoms with Gasteiger partial charge in [0, 0.05) is 6.54 Å². The van der Waals surface area contributed by atoms with Crippen LogP contribution in [0.1, 0.15) is 63.8 Å². The van der Waals surface area contributed by atoms with Crippen LogP contribution in [0.5, 0.6) is 0 Å². The second-order valence-corrected chi connectivity index (χ2v) is 10.2. The SMILES string of the molecule is COC(=O)CNC(=O)C(c1cc(C)cc(C)c1)N(CCO)C(=O)C(CC(C)C)NC(=O)OC(C)(C)C. The summed E-state index contributed by atoms with van der Waals surface area (Å²) in [6.45, 7) is 11.7. The molecular weight excluding hydrogens is 466 g/mol. The first-order valence-corrected chi connectivity index (χ1v) is 12.0. The molecule has 1 rings (SSSR count). The molecular formula is C26H41N3O7. The van der Waals surface area contributed by atoms with Crippen LogP contribution in [-0.2, 0) is 23.9 Å². The van der Waals surface area contributed by atoms with Crippen LogP contribution >= 0.6 is 0 Å². The Bertz CT molecular complexity index is 904. The van der Waals surface area contributed by atoms with Crippen LogP contribution in [0.25, 0.3) is 0 Å². The fraction of sp³-hybridized carbons (Fsp3) is 0.615. The number of hydrogen-bond acceptors (Lipinski definition) is 7. The summed E-state index contributed by atoms with van der Waals surface area (Å²) < 4.78 is 9.95. The van der Waals surface area contributed by atoms with Crippen LogP contribution in [0, 0.1) is 19.8 Å². The number of amides is 3. The Morgan fingerprint density at radius 1 is 1.06 bits per heavy atom. The van der Waals surface area contributed by atoms with Crippen molar-refractivity contribution in [2.75, 3.05) is 26.8 Å². The number of rotatable bonds is 11. The van der Waals surface area contributed by atoms with Crippen LogP contribution in [0.3, 0.4) is 0 Å². The molecule has 0 bridgehead atoms. The van der Waals surface area contributed by atoms with Gasteiger partial charge in [0.15, 0.2) is 0 Å². The molecule has 36 heavy (non-hydrogen) atoms. The van der Waals surface area contributed by atoms with Crippen molar-refractivity contribution in [2.45, 2.75) is 72.6 Å². The Balaban J connectivity index is 3.48. The van der Waals surface area contributed by atoms with Crippen molar-refractivity contribution in [3.8, 4) is 0 Å². The molecule has 10 heteroatoms. The second-order valence-electron chi connectivity index (χ2n) is 10.2. The highest BCUT2D eigenvalue weighted by atomic mass is 16.6. The highest BCUT2D eigenvalue weighted by molar-refractivity contribution is 5.93. The van der Waals surface area contributed by atoms with Gasteiger partial charge < -0.3 is 30.1 Å². The topological polar surface area (TPSA) is 134 Å². The van der Waals surface area contributed by atoms with Crippen molar-refractivity contribution in [2.24, 2.45) is 5.92 Å². The predicted molar refractivity (Wildman–Crippen MR) is 135 cm³/mol. The van der Waals surface area contributed by atoms with Crippen LogP contribution in [-0.4, -0.2) is 72.3 Å². The molecule has 0 aliphatic heterocycles. The van der Waals surface area contributed by atoms with E-state index in [1.807, 2.05) is 33.8 Å². The summed E-state index contributed by atoms with van der Waals surface area (Å²) >= 11 is 0. The molecule has 0 spiro atoms. The van der Waals surface area contributed by atoms with E-state index in [9.17, 15) is 24.3 Å². The summed E-state index contributed by atoms with van der Waals surface area (Å²) in [6.07, 6.45) is -0.480. The van der Waals surface area contributed by atoms with Crippen molar-refractivity contribution >= 4 is 23.9 Å². The maximum atomic E-state index is 13.8. The van der Waals surface area contributed by atoms with Gasteiger partial charge in [0.05, 0.1) is 13.7 Å². The Hall–Kier alpha value is -3.14. The van der Waals surface area contributed by atoms with E-state index < -0.39 is 48.2 Å². The van der Waals surface area contributed by atoms with E-state index in [-0.39, 0.29) is 25.4 Å². The summed E-state index contributed by atoms with van der Waals surface area (Å²) in [7, 11) is 1.20. The van der Waals surface area contributed by atoms with E-state index >= 15 is 0 Å². The molecule has 202 valence electrons. The average Bonchev–Trinajstić information content (AvgIpc) is 2.73. The highest BCUT2D eigenvalue weighted by Crippen LogP contribution is 2.25. The molecule has 0 aliphatic rings. The number of alkyl carbamates (subject to hydrolysis) is 1. The third-order valence-corrected chi connectivity index (χ3v) is 5.07. The first-order chi connectivity index (χ1) is 16.7. The number of aliphatic hydroxyl groups is 1. The number of nitrogens with one attached hydrogen (secondary N) is 2. The Morgan fingerprint density at radius 2 is 1.64 bits per heavy atom. The van der Waals surface area contributed by atoms with Gasteiger partial charge in [-0.05, 0) is 52.5 Å². The van der Waals surface area contributed by atoms with E-state index in [1.54, 1.807) is 32.9 Å². The van der Waals surface area contributed by atoms with Crippen LogP contribution < -0.4 is 10.6 Å². The summed E-state index contributed by atoms with van der Waals surface area (Å²) in [5, 5.41) is 15.0. The van der Waals surface area contributed by atoms with Gasteiger partial charge in [0.1, 0.15) is 24.2 Å². The Kier molecular flexibility index (Phi) is 11.9. The lowest BCUT2D eigenvalue weighted by Gasteiger charge is -2.34. The maximum Gasteiger partial charge on any atom is 0.408 e. The number of ether oxygens (including phenoxy) is 2. The van der Waals surface area contributed by atoms with Gasteiger partial charge in [-0.25, -0.2) is 4.79 Å². The molecule has 0 aromatic heterocycles. The summed E-state index contributed by atoms with van der Waals surface area (Å²) in [6, 6.07) is 3.30.